The summed E-state index contributed by atoms with van der Waals surface area (Å²) in [5, 5.41) is 5.28. The molecule has 1 heterocycles. The molecular formula is C16H20F2N2O3. The Bertz CT molecular complexity index is 614. The highest BCUT2D eigenvalue weighted by atomic mass is 19.1. The Morgan fingerprint density at radius 1 is 1.35 bits per heavy atom. The highest BCUT2D eigenvalue weighted by Gasteiger charge is 2.34. The van der Waals surface area contributed by atoms with Crippen LogP contribution < -0.4 is 10.6 Å². The zero-order valence-corrected chi connectivity index (χ0v) is 13.3. The van der Waals surface area contributed by atoms with Crippen molar-refractivity contribution in [2.24, 2.45) is 0 Å². The van der Waals surface area contributed by atoms with Crippen molar-refractivity contribution in [3.8, 4) is 0 Å². The van der Waals surface area contributed by atoms with E-state index in [9.17, 15) is 18.4 Å². The molecule has 2 atom stereocenters. The SMILES string of the molecule is CC(C)(C)OC(=O)N[C@@H]1CNC(=O)CC1c1ccc(F)cc1F. The standard InChI is InChI=1S/C16H20F2N2O3/c1-16(2,3)23-15(22)20-13-8-19-14(21)7-11(13)10-5-4-9(17)6-12(10)18/h4-6,11,13H,7-8H2,1-3H3,(H,19,21)(H,20,22)/t11?,13-/m1/s1. The summed E-state index contributed by atoms with van der Waals surface area (Å²) in [4.78, 5) is 23.6. The summed E-state index contributed by atoms with van der Waals surface area (Å²) in [6.07, 6.45) is -0.644. The number of halogens is 2. The van der Waals surface area contributed by atoms with E-state index in [1.165, 1.54) is 6.07 Å². The lowest BCUT2D eigenvalue weighted by atomic mass is 9.85. The molecule has 1 aliphatic rings. The van der Waals surface area contributed by atoms with E-state index in [1.54, 1.807) is 20.8 Å². The van der Waals surface area contributed by atoms with E-state index in [0.29, 0.717) is 0 Å². The van der Waals surface area contributed by atoms with Crippen molar-refractivity contribution in [3.05, 3.63) is 35.4 Å². The first-order valence-electron chi connectivity index (χ1n) is 7.37. The summed E-state index contributed by atoms with van der Waals surface area (Å²) in [6.45, 7) is 5.34. The second-order valence-electron chi connectivity index (χ2n) is 6.53. The van der Waals surface area contributed by atoms with Gasteiger partial charge in [-0.3, -0.25) is 4.79 Å². The molecule has 0 aliphatic carbocycles. The zero-order valence-electron chi connectivity index (χ0n) is 13.3. The number of amides is 2. The van der Waals surface area contributed by atoms with Crippen molar-refractivity contribution in [2.45, 2.75) is 44.8 Å². The lowest BCUT2D eigenvalue weighted by molar-refractivity contribution is -0.123. The van der Waals surface area contributed by atoms with Crippen LogP contribution in [0.4, 0.5) is 13.6 Å². The first-order valence-corrected chi connectivity index (χ1v) is 7.37. The van der Waals surface area contributed by atoms with Gasteiger partial charge in [0, 0.05) is 24.9 Å². The van der Waals surface area contributed by atoms with Gasteiger partial charge in [0.15, 0.2) is 0 Å². The molecule has 2 amide bonds. The number of hydrogen-bond acceptors (Lipinski definition) is 3. The van der Waals surface area contributed by atoms with Crippen LogP contribution in [0.5, 0.6) is 0 Å². The molecule has 0 radical (unpaired) electrons. The summed E-state index contributed by atoms with van der Waals surface area (Å²) in [5.74, 6) is -2.26. The minimum atomic E-state index is -0.735. The van der Waals surface area contributed by atoms with Crippen molar-refractivity contribution in [3.63, 3.8) is 0 Å². The third-order valence-electron chi connectivity index (χ3n) is 3.47. The van der Waals surface area contributed by atoms with Crippen LogP contribution in [0.2, 0.25) is 0 Å². The molecule has 1 aromatic rings. The molecular weight excluding hydrogens is 306 g/mol. The first kappa shape index (κ1) is 17.2. The van der Waals surface area contributed by atoms with Crippen molar-refractivity contribution < 1.29 is 23.1 Å². The Balaban J connectivity index is 2.19. The molecule has 126 valence electrons. The number of alkyl carbamates (subject to hydrolysis) is 1. The van der Waals surface area contributed by atoms with Gasteiger partial charge in [-0.05, 0) is 32.4 Å². The molecule has 1 aromatic carbocycles. The molecule has 1 aliphatic heterocycles. The van der Waals surface area contributed by atoms with Crippen molar-refractivity contribution in [1.29, 1.82) is 0 Å². The van der Waals surface area contributed by atoms with Crippen LogP contribution in [0.25, 0.3) is 0 Å². The van der Waals surface area contributed by atoms with E-state index >= 15 is 0 Å². The highest BCUT2D eigenvalue weighted by molar-refractivity contribution is 5.79. The number of ether oxygens (including phenoxy) is 1. The van der Waals surface area contributed by atoms with Crippen molar-refractivity contribution in [2.75, 3.05) is 6.54 Å². The second-order valence-corrected chi connectivity index (χ2v) is 6.53. The molecule has 2 rings (SSSR count). The Morgan fingerprint density at radius 3 is 2.65 bits per heavy atom. The van der Waals surface area contributed by atoms with E-state index in [2.05, 4.69) is 10.6 Å². The minimum absolute atomic E-state index is 0.00299. The molecule has 1 fully saturated rings. The van der Waals surface area contributed by atoms with Gasteiger partial charge in [-0.1, -0.05) is 6.07 Å². The topological polar surface area (TPSA) is 67.4 Å². The fraction of sp³-hybridized carbons (Fsp3) is 0.500. The van der Waals surface area contributed by atoms with Gasteiger partial charge in [-0.25, -0.2) is 13.6 Å². The van der Waals surface area contributed by atoms with Crippen LogP contribution in [0.3, 0.4) is 0 Å². The Hall–Kier alpha value is -2.18. The minimum Gasteiger partial charge on any atom is -0.444 e. The molecule has 5 nitrogen and oxygen atoms in total. The smallest absolute Gasteiger partial charge is 0.407 e. The molecule has 23 heavy (non-hydrogen) atoms. The molecule has 0 spiro atoms. The van der Waals surface area contributed by atoms with Crippen molar-refractivity contribution >= 4 is 12.0 Å². The van der Waals surface area contributed by atoms with Gasteiger partial charge in [0.2, 0.25) is 5.91 Å². The fourth-order valence-corrected chi connectivity index (χ4v) is 2.52. The van der Waals surface area contributed by atoms with Crippen LogP contribution in [0.15, 0.2) is 18.2 Å². The van der Waals surface area contributed by atoms with E-state index in [-0.39, 0.29) is 24.4 Å². The second kappa shape index (κ2) is 6.52. The van der Waals surface area contributed by atoms with Crippen LogP contribution in [-0.4, -0.2) is 30.2 Å². The maximum absolute atomic E-state index is 14.0. The fourth-order valence-electron chi connectivity index (χ4n) is 2.52. The Labute approximate surface area is 133 Å². The maximum Gasteiger partial charge on any atom is 0.407 e. The molecule has 1 unspecified atom stereocenters. The average molecular weight is 326 g/mol. The summed E-state index contributed by atoms with van der Waals surface area (Å²) >= 11 is 0. The largest absolute Gasteiger partial charge is 0.444 e. The number of rotatable bonds is 2. The molecule has 0 saturated carbocycles. The summed E-state index contributed by atoms with van der Waals surface area (Å²) in [5.41, 5.74) is -0.471. The van der Waals surface area contributed by atoms with E-state index < -0.39 is 35.3 Å². The third kappa shape index (κ3) is 4.64. The van der Waals surface area contributed by atoms with Gasteiger partial charge < -0.3 is 15.4 Å². The van der Waals surface area contributed by atoms with Gasteiger partial charge in [0.05, 0.1) is 6.04 Å². The van der Waals surface area contributed by atoms with Crippen LogP contribution in [0.1, 0.15) is 38.7 Å². The molecule has 7 heteroatoms. The average Bonchev–Trinajstić information content (AvgIpc) is 2.39. The molecule has 1 saturated heterocycles. The van der Waals surface area contributed by atoms with Gasteiger partial charge in [-0.15, -0.1) is 0 Å². The zero-order chi connectivity index (χ0) is 17.2. The monoisotopic (exact) mass is 326 g/mol. The normalized spacial score (nSPS) is 21.5. The number of hydrogen-bond donors (Lipinski definition) is 2. The molecule has 0 aromatic heterocycles. The molecule has 0 bridgehead atoms. The van der Waals surface area contributed by atoms with E-state index in [0.717, 1.165) is 12.1 Å². The van der Waals surface area contributed by atoms with Gasteiger partial charge in [0.1, 0.15) is 17.2 Å². The number of piperidine rings is 1. The highest BCUT2D eigenvalue weighted by Crippen LogP contribution is 2.29. The van der Waals surface area contributed by atoms with Crippen molar-refractivity contribution in [1.82, 2.24) is 10.6 Å². The van der Waals surface area contributed by atoms with Gasteiger partial charge >= 0.3 is 6.09 Å². The number of carbonyl (C=O) groups is 2. The van der Waals surface area contributed by atoms with Crippen LogP contribution >= 0.6 is 0 Å². The third-order valence-corrected chi connectivity index (χ3v) is 3.47. The van der Waals surface area contributed by atoms with Gasteiger partial charge in [-0.2, -0.15) is 0 Å². The predicted octanol–water partition coefficient (Wildman–Crippen LogP) is 2.46. The Morgan fingerprint density at radius 2 is 2.04 bits per heavy atom. The predicted molar refractivity (Wildman–Crippen MR) is 79.9 cm³/mol. The summed E-state index contributed by atoms with van der Waals surface area (Å²) in [7, 11) is 0. The number of carbonyl (C=O) groups excluding carboxylic acids is 2. The maximum atomic E-state index is 14.0. The van der Waals surface area contributed by atoms with Crippen LogP contribution in [-0.2, 0) is 9.53 Å². The Kier molecular flexibility index (Phi) is 4.87. The quantitative estimate of drug-likeness (QED) is 0.877. The first-order chi connectivity index (χ1) is 10.7. The summed E-state index contributed by atoms with van der Waals surface area (Å²) in [6, 6.07) is 2.67. The number of nitrogens with one attached hydrogen (secondary N) is 2. The van der Waals surface area contributed by atoms with Crippen LogP contribution in [0, 0.1) is 11.6 Å². The number of benzene rings is 1. The van der Waals surface area contributed by atoms with E-state index in [4.69, 9.17) is 4.74 Å². The molecule has 2 N–H and O–H groups in total. The lowest BCUT2D eigenvalue weighted by Crippen LogP contribution is -2.53. The lowest BCUT2D eigenvalue weighted by Gasteiger charge is -2.33. The van der Waals surface area contributed by atoms with E-state index in [1.807, 2.05) is 0 Å². The summed E-state index contributed by atoms with van der Waals surface area (Å²) < 4.78 is 32.3. The van der Waals surface area contributed by atoms with Gasteiger partial charge in [0.25, 0.3) is 0 Å².